The summed E-state index contributed by atoms with van der Waals surface area (Å²) in [5, 5.41) is 9.73. The number of likely N-dealkylation sites (tertiary alicyclic amines) is 1. The summed E-state index contributed by atoms with van der Waals surface area (Å²) in [4.78, 5) is 24.3. The second-order valence-electron chi connectivity index (χ2n) is 4.86. The number of primary amides is 1. The standard InChI is InChI=1S/C10H18N2O5S/c1-10(15)4-5-12(9(10)14)7(8(11)13)3-6-18(2,16)17/h7,15H,3-6H2,1-2H3,(H2,11,13). The Hall–Kier alpha value is -1.15. The number of sulfone groups is 1. The number of aliphatic hydroxyl groups is 1. The van der Waals surface area contributed by atoms with Crippen molar-refractivity contribution in [1.29, 1.82) is 0 Å². The molecule has 1 rings (SSSR count). The summed E-state index contributed by atoms with van der Waals surface area (Å²) in [6, 6.07) is -0.985. The highest BCUT2D eigenvalue weighted by Crippen LogP contribution is 2.25. The first-order chi connectivity index (χ1) is 8.04. The van der Waals surface area contributed by atoms with Gasteiger partial charge in [-0.2, -0.15) is 0 Å². The zero-order valence-corrected chi connectivity index (χ0v) is 11.2. The van der Waals surface area contributed by atoms with E-state index in [4.69, 9.17) is 5.73 Å². The maximum atomic E-state index is 11.8. The highest BCUT2D eigenvalue weighted by molar-refractivity contribution is 7.90. The zero-order chi connectivity index (χ0) is 14.1. The maximum absolute atomic E-state index is 11.8. The molecular weight excluding hydrogens is 260 g/mol. The predicted molar refractivity (Wildman–Crippen MR) is 64.3 cm³/mol. The summed E-state index contributed by atoms with van der Waals surface area (Å²) >= 11 is 0. The molecule has 1 aliphatic heterocycles. The summed E-state index contributed by atoms with van der Waals surface area (Å²) in [6.45, 7) is 1.56. The normalized spacial score (nSPS) is 26.4. The van der Waals surface area contributed by atoms with E-state index in [0.717, 1.165) is 11.2 Å². The highest BCUT2D eigenvalue weighted by atomic mass is 32.2. The van der Waals surface area contributed by atoms with E-state index in [1.54, 1.807) is 0 Å². The molecule has 1 heterocycles. The number of nitrogens with two attached hydrogens (primary N) is 1. The van der Waals surface area contributed by atoms with Gasteiger partial charge in [-0.25, -0.2) is 8.42 Å². The molecule has 0 aromatic heterocycles. The van der Waals surface area contributed by atoms with Crippen LogP contribution in [-0.2, 0) is 19.4 Å². The van der Waals surface area contributed by atoms with E-state index in [0.29, 0.717) is 0 Å². The Morgan fingerprint density at radius 3 is 2.50 bits per heavy atom. The molecule has 0 aromatic rings. The van der Waals surface area contributed by atoms with Crippen LogP contribution >= 0.6 is 0 Å². The van der Waals surface area contributed by atoms with Crippen LogP contribution in [0.1, 0.15) is 19.8 Å². The van der Waals surface area contributed by atoms with E-state index >= 15 is 0 Å². The van der Waals surface area contributed by atoms with Crippen LogP contribution in [0, 0.1) is 0 Å². The van der Waals surface area contributed by atoms with Crippen LogP contribution in [-0.4, -0.2) is 60.4 Å². The van der Waals surface area contributed by atoms with E-state index in [1.807, 2.05) is 0 Å². The first-order valence-electron chi connectivity index (χ1n) is 5.55. The van der Waals surface area contributed by atoms with E-state index in [2.05, 4.69) is 0 Å². The molecule has 2 atom stereocenters. The lowest BCUT2D eigenvalue weighted by Crippen LogP contribution is -2.49. The van der Waals surface area contributed by atoms with Crippen molar-refractivity contribution in [2.45, 2.75) is 31.4 Å². The smallest absolute Gasteiger partial charge is 0.254 e. The van der Waals surface area contributed by atoms with Gasteiger partial charge in [-0.05, 0) is 13.3 Å². The molecule has 1 aliphatic rings. The fourth-order valence-corrected chi connectivity index (χ4v) is 2.58. The fraction of sp³-hybridized carbons (Fsp3) is 0.800. The molecule has 7 nitrogen and oxygen atoms in total. The zero-order valence-electron chi connectivity index (χ0n) is 10.4. The number of hydrogen-bond donors (Lipinski definition) is 2. The Kier molecular flexibility index (Phi) is 4.02. The predicted octanol–water partition coefficient (Wildman–Crippen LogP) is -1.74. The molecule has 0 aromatic carbocycles. The Bertz CT molecular complexity index is 457. The molecule has 1 fully saturated rings. The quantitative estimate of drug-likeness (QED) is 0.619. The van der Waals surface area contributed by atoms with Gasteiger partial charge in [0.15, 0.2) is 0 Å². The average Bonchev–Trinajstić information content (AvgIpc) is 2.43. The molecule has 2 unspecified atom stereocenters. The third kappa shape index (κ3) is 3.42. The van der Waals surface area contributed by atoms with E-state index < -0.39 is 33.3 Å². The summed E-state index contributed by atoms with van der Waals surface area (Å²) in [5.41, 5.74) is 3.69. The summed E-state index contributed by atoms with van der Waals surface area (Å²) in [5.74, 6) is -1.57. The first kappa shape index (κ1) is 14.9. The second-order valence-corrected chi connectivity index (χ2v) is 7.12. The Morgan fingerprint density at radius 1 is 1.61 bits per heavy atom. The van der Waals surface area contributed by atoms with Crippen molar-refractivity contribution in [2.24, 2.45) is 5.73 Å². The van der Waals surface area contributed by atoms with Gasteiger partial charge in [-0.15, -0.1) is 0 Å². The Balaban J connectivity index is 2.82. The molecule has 0 bridgehead atoms. The van der Waals surface area contributed by atoms with Crippen molar-refractivity contribution in [3.8, 4) is 0 Å². The molecule has 18 heavy (non-hydrogen) atoms. The molecular formula is C10H18N2O5S. The average molecular weight is 278 g/mol. The number of rotatable bonds is 5. The van der Waals surface area contributed by atoms with Crippen molar-refractivity contribution in [3.63, 3.8) is 0 Å². The van der Waals surface area contributed by atoms with Crippen molar-refractivity contribution in [2.75, 3.05) is 18.6 Å². The van der Waals surface area contributed by atoms with Crippen LogP contribution < -0.4 is 5.73 Å². The topological polar surface area (TPSA) is 118 Å². The largest absolute Gasteiger partial charge is 0.380 e. The number of nitrogens with zero attached hydrogens (tertiary/aromatic N) is 1. The van der Waals surface area contributed by atoms with Crippen molar-refractivity contribution < 1.29 is 23.1 Å². The lowest BCUT2D eigenvalue weighted by molar-refractivity contribution is -0.146. The molecule has 0 radical (unpaired) electrons. The summed E-state index contributed by atoms with van der Waals surface area (Å²) in [6.07, 6.45) is 1.21. The Labute approximate surface area is 106 Å². The summed E-state index contributed by atoms with van der Waals surface area (Å²) < 4.78 is 22.2. The molecule has 2 amide bonds. The molecule has 104 valence electrons. The molecule has 1 saturated heterocycles. The van der Waals surface area contributed by atoms with Gasteiger partial charge in [-0.1, -0.05) is 0 Å². The molecule has 0 spiro atoms. The minimum atomic E-state index is -3.24. The Morgan fingerprint density at radius 2 is 2.17 bits per heavy atom. The minimum absolute atomic E-state index is 0.0456. The summed E-state index contributed by atoms with van der Waals surface area (Å²) in [7, 11) is -3.24. The van der Waals surface area contributed by atoms with Gasteiger partial charge in [0.05, 0.1) is 5.75 Å². The number of hydrogen-bond acceptors (Lipinski definition) is 5. The molecule has 0 saturated carbocycles. The molecule has 8 heteroatoms. The SMILES string of the molecule is CC1(O)CCN(C(CCS(C)(=O)=O)C(N)=O)C1=O. The maximum Gasteiger partial charge on any atom is 0.254 e. The number of carbonyl (C=O) groups is 2. The van der Waals surface area contributed by atoms with E-state index in [1.165, 1.54) is 6.92 Å². The fourth-order valence-electron chi connectivity index (χ4n) is 1.93. The van der Waals surface area contributed by atoms with Gasteiger partial charge in [0.2, 0.25) is 5.91 Å². The minimum Gasteiger partial charge on any atom is -0.380 e. The monoisotopic (exact) mass is 278 g/mol. The lowest BCUT2D eigenvalue weighted by atomic mass is 10.1. The number of amides is 2. The lowest BCUT2D eigenvalue weighted by Gasteiger charge is -2.26. The van der Waals surface area contributed by atoms with Gasteiger partial charge in [0, 0.05) is 19.2 Å². The van der Waals surface area contributed by atoms with Crippen molar-refractivity contribution in [3.05, 3.63) is 0 Å². The van der Waals surface area contributed by atoms with Crippen LogP contribution in [0.5, 0.6) is 0 Å². The molecule has 3 N–H and O–H groups in total. The van der Waals surface area contributed by atoms with Crippen LogP contribution in [0.3, 0.4) is 0 Å². The first-order valence-corrected chi connectivity index (χ1v) is 7.61. The van der Waals surface area contributed by atoms with Crippen LogP contribution in [0.4, 0.5) is 0 Å². The van der Waals surface area contributed by atoms with Crippen molar-refractivity contribution >= 4 is 21.7 Å². The third-order valence-corrected chi connectivity index (χ3v) is 4.01. The van der Waals surface area contributed by atoms with Gasteiger partial charge in [0.1, 0.15) is 21.5 Å². The molecule has 0 aliphatic carbocycles. The van der Waals surface area contributed by atoms with E-state index in [-0.39, 0.29) is 25.1 Å². The second kappa shape index (κ2) is 4.85. The van der Waals surface area contributed by atoms with Gasteiger partial charge < -0.3 is 15.7 Å². The van der Waals surface area contributed by atoms with Gasteiger partial charge in [0.25, 0.3) is 5.91 Å². The highest BCUT2D eigenvalue weighted by Gasteiger charge is 2.45. The number of carbonyl (C=O) groups excluding carboxylic acids is 2. The van der Waals surface area contributed by atoms with Crippen LogP contribution in [0.15, 0.2) is 0 Å². The van der Waals surface area contributed by atoms with Gasteiger partial charge in [-0.3, -0.25) is 9.59 Å². The van der Waals surface area contributed by atoms with Gasteiger partial charge >= 0.3 is 0 Å². The van der Waals surface area contributed by atoms with Crippen molar-refractivity contribution in [1.82, 2.24) is 4.90 Å². The van der Waals surface area contributed by atoms with E-state index in [9.17, 15) is 23.1 Å². The van der Waals surface area contributed by atoms with Crippen LogP contribution in [0.2, 0.25) is 0 Å². The third-order valence-electron chi connectivity index (χ3n) is 3.03. The van der Waals surface area contributed by atoms with Crippen LogP contribution in [0.25, 0.3) is 0 Å².